The summed E-state index contributed by atoms with van der Waals surface area (Å²) in [7, 11) is 0. The number of hydrogen-bond donors (Lipinski definition) is 1. The minimum atomic E-state index is -1.20. The number of hydrogen-bond acceptors (Lipinski definition) is 4. The summed E-state index contributed by atoms with van der Waals surface area (Å²) in [5.41, 5.74) is 0.244. The van der Waals surface area contributed by atoms with Crippen molar-refractivity contribution in [3.05, 3.63) is 39.7 Å². The van der Waals surface area contributed by atoms with Crippen molar-refractivity contribution in [3.8, 4) is 11.5 Å². The molecule has 0 bridgehead atoms. The summed E-state index contributed by atoms with van der Waals surface area (Å²) >= 11 is 8.92. The molecule has 0 aliphatic rings. The Morgan fingerprint density at radius 3 is 2.65 bits per heavy atom. The van der Waals surface area contributed by atoms with Crippen LogP contribution in [0.3, 0.4) is 0 Å². The molecule has 0 radical (unpaired) electrons. The van der Waals surface area contributed by atoms with Crippen LogP contribution in [0.25, 0.3) is 11.5 Å². The summed E-state index contributed by atoms with van der Waals surface area (Å²) in [6.07, 6.45) is 2.82. The van der Waals surface area contributed by atoms with Crippen LogP contribution in [-0.4, -0.2) is 26.0 Å². The van der Waals surface area contributed by atoms with Gasteiger partial charge in [0.1, 0.15) is 5.69 Å². The zero-order chi connectivity index (χ0) is 12.4. The minimum absolute atomic E-state index is 0.00152. The van der Waals surface area contributed by atoms with Gasteiger partial charge in [-0.25, -0.2) is 14.8 Å². The largest absolute Gasteiger partial charge is 0.476 e. The van der Waals surface area contributed by atoms with Gasteiger partial charge in [-0.05, 0) is 28.1 Å². The quantitative estimate of drug-likeness (QED) is 0.922. The number of carboxylic acid groups (broad SMARTS) is 1. The molecule has 0 unspecified atom stereocenters. The van der Waals surface area contributed by atoms with Gasteiger partial charge in [-0.1, -0.05) is 11.6 Å². The van der Waals surface area contributed by atoms with Gasteiger partial charge < -0.3 is 5.11 Å². The number of aromatic nitrogens is 3. The number of aromatic carboxylic acids is 1. The van der Waals surface area contributed by atoms with E-state index in [-0.39, 0.29) is 16.5 Å². The Morgan fingerprint density at radius 2 is 2.06 bits per heavy atom. The summed E-state index contributed by atoms with van der Waals surface area (Å²) in [4.78, 5) is 22.7. The zero-order valence-corrected chi connectivity index (χ0v) is 10.6. The second-order valence-electron chi connectivity index (χ2n) is 3.06. The SMILES string of the molecule is O=C(O)c1nc(-c2ccc(Br)cn2)ncc1Cl. The molecule has 7 heteroatoms. The lowest BCUT2D eigenvalue weighted by Crippen LogP contribution is -2.04. The second-order valence-corrected chi connectivity index (χ2v) is 4.38. The minimum Gasteiger partial charge on any atom is -0.476 e. The summed E-state index contributed by atoms with van der Waals surface area (Å²) in [6, 6.07) is 3.44. The number of halogens is 2. The Bertz CT molecular complexity index is 574. The van der Waals surface area contributed by atoms with E-state index in [0.29, 0.717) is 5.69 Å². The number of nitrogens with zero attached hydrogens (tertiary/aromatic N) is 3. The molecule has 0 fully saturated rings. The molecule has 2 rings (SSSR count). The van der Waals surface area contributed by atoms with E-state index >= 15 is 0 Å². The fraction of sp³-hybridized carbons (Fsp3) is 0. The maximum atomic E-state index is 10.9. The molecule has 0 saturated carbocycles. The maximum absolute atomic E-state index is 10.9. The number of carbonyl (C=O) groups is 1. The van der Waals surface area contributed by atoms with E-state index in [1.807, 2.05) is 0 Å². The molecule has 2 heterocycles. The van der Waals surface area contributed by atoms with Gasteiger partial charge in [-0.3, -0.25) is 4.98 Å². The van der Waals surface area contributed by atoms with Crippen molar-refractivity contribution >= 4 is 33.5 Å². The first-order valence-electron chi connectivity index (χ1n) is 4.45. The van der Waals surface area contributed by atoms with Crippen molar-refractivity contribution in [1.29, 1.82) is 0 Å². The highest BCUT2D eigenvalue weighted by Crippen LogP contribution is 2.18. The van der Waals surface area contributed by atoms with Crippen LogP contribution in [0.2, 0.25) is 5.02 Å². The van der Waals surface area contributed by atoms with Crippen LogP contribution in [0, 0.1) is 0 Å². The molecule has 0 aliphatic carbocycles. The molecular weight excluding hydrogens is 309 g/mol. The van der Waals surface area contributed by atoms with E-state index in [1.165, 1.54) is 6.20 Å². The van der Waals surface area contributed by atoms with Crippen LogP contribution in [0.15, 0.2) is 29.0 Å². The molecule has 17 heavy (non-hydrogen) atoms. The average molecular weight is 315 g/mol. The highest BCUT2D eigenvalue weighted by atomic mass is 79.9. The molecule has 2 aromatic heterocycles. The number of pyridine rings is 1. The standard InChI is InChI=1S/C10H5BrClN3O2/c11-5-1-2-7(13-3-5)9-14-4-6(12)8(15-9)10(16)17/h1-4H,(H,16,17). The molecule has 0 aliphatic heterocycles. The topological polar surface area (TPSA) is 76.0 Å². The third-order valence-corrected chi connectivity index (χ3v) is 2.65. The van der Waals surface area contributed by atoms with Gasteiger partial charge in [0.2, 0.25) is 0 Å². The van der Waals surface area contributed by atoms with Crippen molar-refractivity contribution in [2.24, 2.45) is 0 Å². The Kier molecular flexibility index (Phi) is 3.35. The predicted molar refractivity (Wildman–Crippen MR) is 64.9 cm³/mol. The van der Waals surface area contributed by atoms with E-state index < -0.39 is 5.97 Å². The van der Waals surface area contributed by atoms with Crippen LogP contribution in [0.1, 0.15) is 10.5 Å². The second kappa shape index (κ2) is 4.77. The molecule has 0 saturated heterocycles. The lowest BCUT2D eigenvalue weighted by Gasteiger charge is -2.02. The Balaban J connectivity index is 2.50. The molecular formula is C10H5BrClN3O2. The lowest BCUT2D eigenvalue weighted by molar-refractivity contribution is 0.0690. The first-order valence-corrected chi connectivity index (χ1v) is 5.63. The van der Waals surface area contributed by atoms with Gasteiger partial charge in [-0.15, -0.1) is 0 Å². The van der Waals surface area contributed by atoms with E-state index in [2.05, 4.69) is 30.9 Å². The lowest BCUT2D eigenvalue weighted by atomic mass is 10.3. The molecule has 1 N–H and O–H groups in total. The number of rotatable bonds is 2. The number of carboxylic acids is 1. The van der Waals surface area contributed by atoms with Crippen molar-refractivity contribution in [2.45, 2.75) is 0 Å². The normalized spacial score (nSPS) is 10.2. The smallest absolute Gasteiger partial charge is 0.356 e. The first kappa shape index (κ1) is 11.9. The van der Waals surface area contributed by atoms with E-state index in [4.69, 9.17) is 16.7 Å². The van der Waals surface area contributed by atoms with Crippen LogP contribution in [-0.2, 0) is 0 Å². The highest BCUT2D eigenvalue weighted by molar-refractivity contribution is 9.10. The van der Waals surface area contributed by atoms with Gasteiger partial charge in [0, 0.05) is 10.7 Å². The Labute approximate surface area is 110 Å². The molecule has 86 valence electrons. The van der Waals surface area contributed by atoms with Crippen LogP contribution in [0.4, 0.5) is 0 Å². The average Bonchev–Trinajstić information content (AvgIpc) is 2.30. The van der Waals surface area contributed by atoms with E-state index in [1.54, 1.807) is 18.3 Å². The fourth-order valence-electron chi connectivity index (χ4n) is 1.15. The predicted octanol–water partition coefficient (Wildman–Crippen LogP) is 2.65. The van der Waals surface area contributed by atoms with Crippen molar-refractivity contribution in [2.75, 3.05) is 0 Å². The van der Waals surface area contributed by atoms with Crippen molar-refractivity contribution < 1.29 is 9.90 Å². The third-order valence-electron chi connectivity index (χ3n) is 1.90. The van der Waals surface area contributed by atoms with Gasteiger partial charge in [0.05, 0.1) is 11.2 Å². The molecule has 0 atom stereocenters. The Morgan fingerprint density at radius 1 is 1.29 bits per heavy atom. The van der Waals surface area contributed by atoms with Crippen LogP contribution >= 0.6 is 27.5 Å². The van der Waals surface area contributed by atoms with Gasteiger partial charge in [-0.2, -0.15) is 0 Å². The summed E-state index contributed by atoms with van der Waals surface area (Å²) in [5.74, 6) is -0.977. The summed E-state index contributed by atoms with van der Waals surface area (Å²) < 4.78 is 0.814. The Hall–Kier alpha value is -1.53. The van der Waals surface area contributed by atoms with E-state index in [0.717, 1.165) is 4.47 Å². The highest BCUT2D eigenvalue weighted by Gasteiger charge is 2.13. The van der Waals surface area contributed by atoms with Gasteiger partial charge in [0.25, 0.3) is 0 Å². The summed E-state index contributed by atoms with van der Waals surface area (Å²) in [5, 5.41) is 8.88. The molecule has 0 amide bonds. The first-order chi connectivity index (χ1) is 8.08. The monoisotopic (exact) mass is 313 g/mol. The fourth-order valence-corrected chi connectivity index (χ4v) is 1.56. The van der Waals surface area contributed by atoms with Crippen LogP contribution < -0.4 is 0 Å². The van der Waals surface area contributed by atoms with Gasteiger partial charge in [0.15, 0.2) is 11.5 Å². The maximum Gasteiger partial charge on any atom is 0.356 e. The molecule has 2 aromatic rings. The third kappa shape index (κ3) is 2.59. The zero-order valence-electron chi connectivity index (χ0n) is 8.26. The molecule has 5 nitrogen and oxygen atoms in total. The van der Waals surface area contributed by atoms with Crippen molar-refractivity contribution in [3.63, 3.8) is 0 Å². The van der Waals surface area contributed by atoms with E-state index in [9.17, 15) is 4.79 Å². The van der Waals surface area contributed by atoms with Crippen LogP contribution in [0.5, 0.6) is 0 Å². The molecule has 0 spiro atoms. The van der Waals surface area contributed by atoms with Gasteiger partial charge >= 0.3 is 5.97 Å². The van der Waals surface area contributed by atoms with Crippen molar-refractivity contribution in [1.82, 2.24) is 15.0 Å². The molecule has 0 aromatic carbocycles. The summed E-state index contributed by atoms with van der Waals surface area (Å²) in [6.45, 7) is 0.